The van der Waals surface area contributed by atoms with E-state index in [0.717, 1.165) is 24.6 Å². The minimum atomic E-state index is -5.12. The fourth-order valence-corrected chi connectivity index (χ4v) is 9.16. The molecule has 2 aromatic heterocycles. The molecule has 4 atom stereocenters. The van der Waals surface area contributed by atoms with Gasteiger partial charge in [-0.2, -0.15) is 28.4 Å². The summed E-state index contributed by atoms with van der Waals surface area (Å²) in [6.07, 6.45) is -3.99. The Labute approximate surface area is 287 Å². The Morgan fingerprint density at radius 3 is 2.70 bits per heavy atom. The number of nitrogens with two attached hydrogens (primary N) is 1. The van der Waals surface area contributed by atoms with Crippen LogP contribution >= 0.6 is 11.3 Å². The van der Waals surface area contributed by atoms with E-state index in [1.54, 1.807) is 16.8 Å². The highest BCUT2D eigenvalue weighted by Crippen LogP contribution is 2.48. The van der Waals surface area contributed by atoms with E-state index in [-0.39, 0.29) is 75.0 Å². The van der Waals surface area contributed by atoms with E-state index in [9.17, 15) is 32.0 Å². The van der Waals surface area contributed by atoms with Crippen LogP contribution in [0, 0.1) is 23.0 Å². The van der Waals surface area contributed by atoms with Crippen LogP contribution in [0.1, 0.15) is 50.7 Å². The van der Waals surface area contributed by atoms with Crippen LogP contribution in [0.5, 0.6) is 6.01 Å². The molecule has 1 amide bonds. The molecular weight excluding hydrogens is 684 g/mol. The number of anilines is 2. The summed E-state index contributed by atoms with van der Waals surface area (Å²) >= 11 is 0.678. The number of carbonyl (C=O) groups excluding carboxylic acids is 1. The molecule has 3 aliphatic heterocycles. The predicted octanol–water partition coefficient (Wildman–Crippen LogP) is 6.66. The molecule has 0 spiro atoms. The number of hydrogen-bond acceptors (Lipinski definition) is 9. The smallest absolute Gasteiger partial charge is 0.417 e. The van der Waals surface area contributed by atoms with Crippen LogP contribution in [0.25, 0.3) is 32.1 Å². The van der Waals surface area contributed by atoms with Crippen LogP contribution in [0.3, 0.4) is 0 Å². The number of likely N-dealkylation sites (N-methyl/N-ethyl adjacent to an activating group) is 1. The third kappa shape index (κ3) is 5.36. The van der Waals surface area contributed by atoms with Gasteiger partial charge in [-0.25, -0.2) is 13.2 Å². The van der Waals surface area contributed by atoms with E-state index in [1.807, 2.05) is 17.9 Å². The van der Waals surface area contributed by atoms with Crippen LogP contribution in [0.2, 0.25) is 0 Å². The van der Waals surface area contributed by atoms with Gasteiger partial charge < -0.3 is 20.3 Å². The Morgan fingerprint density at radius 2 is 2.02 bits per heavy atom. The first-order chi connectivity index (χ1) is 23.6. The fraction of sp³-hybridized carbons (Fsp3) is 0.471. The zero-order valence-electron chi connectivity index (χ0n) is 27.4. The molecule has 264 valence electrons. The maximum absolute atomic E-state index is 17.1. The Morgan fingerprint density at radius 1 is 1.26 bits per heavy atom. The second-order valence-electron chi connectivity index (χ2n) is 13.4. The van der Waals surface area contributed by atoms with Gasteiger partial charge in [0.1, 0.15) is 41.0 Å². The minimum absolute atomic E-state index is 0.0204. The lowest BCUT2D eigenvalue weighted by Crippen LogP contribution is -2.44. The highest BCUT2D eigenvalue weighted by molar-refractivity contribution is 7.23. The van der Waals surface area contributed by atoms with E-state index >= 15 is 4.39 Å². The molecular formula is C34H33F6N7O2S. The number of aromatic nitrogens is 2. The molecule has 4 aromatic rings. The summed E-state index contributed by atoms with van der Waals surface area (Å²) in [5, 5.41) is 9.19. The second-order valence-corrected chi connectivity index (χ2v) is 14.4. The molecule has 0 aliphatic carbocycles. The summed E-state index contributed by atoms with van der Waals surface area (Å²) in [5.74, 6) is -2.43. The van der Waals surface area contributed by atoms with Crippen molar-refractivity contribution < 1.29 is 35.9 Å². The van der Waals surface area contributed by atoms with Crippen molar-refractivity contribution in [3.05, 3.63) is 41.0 Å². The number of likely N-dealkylation sites (tertiary alicyclic amines) is 1. The normalized spacial score (nSPS) is 23.9. The summed E-state index contributed by atoms with van der Waals surface area (Å²) in [4.78, 5) is 26.4. The molecule has 3 fully saturated rings. The van der Waals surface area contributed by atoms with Crippen molar-refractivity contribution in [2.45, 2.75) is 69.5 Å². The highest BCUT2D eigenvalue weighted by atomic mass is 32.1. The number of carbonyl (C=O) groups is 1. The number of nitrogen functional groups attached to an aromatic ring is 1. The summed E-state index contributed by atoms with van der Waals surface area (Å²) < 4.78 is 97.4. The van der Waals surface area contributed by atoms with Gasteiger partial charge in [0.15, 0.2) is 5.82 Å². The first-order valence-corrected chi connectivity index (χ1v) is 17.0. The number of amides is 1. The number of hydrogen-bond donors (Lipinski definition) is 1. The van der Waals surface area contributed by atoms with E-state index < -0.39 is 52.2 Å². The molecule has 16 heteroatoms. The number of ether oxygens (including phenoxy) is 1. The number of rotatable bonds is 6. The van der Waals surface area contributed by atoms with E-state index in [0.29, 0.717) is 37.3 Å². The number of fused-ring (bicyclic) bond motifs is 3. The molecule has 3 aliphatic rings. The number of nitrogens with zero attached hydrogens (tertiary/aromatic N) is 6. The molecule has 1 unspecified atom stereocenters. The van der Waals surface area contributed by atoms with Crippen molar-refractivity contribution in [1.82, 2.24) is 19.8 Å². The average molecular weight is 718 g/mol. The summed E-state index contributed by atoms with van der Waals surface area (Å²) in [6.45, 7) is 4.57. The second kappa shape index (κ2) is 12.2. The first-order valence-electron chi connectivity index (χ1n) is 16.2. The number of nitriles is 1. The first kappa shape index (κ1) is 34.1. The lowest BCUT2D eigenvalue weighted by Gasteiger charge is -2.33. The maximum Gasteiger partial charge on any atom is 0.417 e. The minimum Gasteiger partial charge on any atom is -0.461 e. The van der Waals surface area contributed by atoms with Crippen molar-refractivity contribution in [2.75, 3.05) is 43.9 Å². The molecule has 2 aromatic carbocycles. The van der Waals surface area contributed by atoms with Gasteiger partial charge in [0.25, 0.3) is 0 Å². The molecule has 9 nitrogen and oxygen atoms in total. The van der Waals surface area contributed by atoms with Gasteiger partial charge in [0.05, 0.1) is 27.4 Å². The Bertz CT molecular complexity index is 2080. The SMILES string of the molecule is CC(=O)N1CCC(N(C)c2nc(OC[C@@]34CCCN3C[C@H](F)C4)nc3c(F)c(-c4ccc(F)c5sc(N)c(C#N)c45)c(C(F)(F)F)cc23)[C@H]1C. The van der Waals surface area contributed by atoms with Gasteiger partial charge >= 0.3 is 12.2 Å². The third-order valence-corrected chi connectivity index (χ3v) is 11.6. The zero-order valence-corrected chi connectivity index (χ0v) is 28.2. The van der Waals surface area contributed by atoms with E-state index in [2.05, 4.69) is 9.97 Å². The van der Waals surface area contributed by atoms with Gasteiger partial charge in [-0.1, -0.05) is 6.07 Å². The van der Waals surface area contributed by atoms with Crippen molar-refractivity contribution in [3.63, 3.8) is 0 Å². The molecule has 3 saturated heterocycles. The maximum atomic E-state index is 17.1. The van der Waals surface area contributed by atoms with Crippen LogP contribution in [0.15, 0.2) is 18.2 Å². The molecule has 2 N–H and O–H groups in total. The van der Waals surface area contributed by atoms with Crippen molar-refractivity contribution in [3.8, 4) is 23.2 Å². The van der Waals surface area contributed by atoms with Gasteiger partial charge in [-0.3, -0.25) is 9.69 Å². The number of alkyl halides is 4. The standard InChI is InChI=1S/C34H33F6N7O2S/c1-16-24(7-10-47(16)17(2)48)45(3)31-20-11-22(34(38,39)40)26(19-5-6-23(36)29-25(19)21(13-41)30(42)50-29)27(37)28(20)43-32(44-31)49-15-33-8-4-9-46(33)14-18(35)12-33/h5-6,11,16,18,24H,4,7-10,12,14-15,42H2,1-3H3/t16-,18-,24?,33+/m1/s1. The van der Waals surface area contributed by atoms with Gasteiger partial charge in [-0.15, -0.1) is 11.3 Å². The van der Waals surface area contributed by atoms with E-state index in [1.165, 1.54) is 6.92 Å². The number of halogens is 6. The molecule has 0 saturated carbocycles. The Balaban J connectivity index is 1.45. The largest absolute Gasteiger partial charge is 0.461 e. The fourth-order valence-electron chi connectivity index (χ4n) is 8.21. The monoisotopic (exact) mass is 717 g/mol. The van der Waals surface area contributed by atoms with Crippen molar-refractivity contribution >= 4 is 49.1 Å². The zero-order chi connectivity index (χ0) is 35.9. The van der Waals surface area contributed by atoms with Crippen LogP contribution in [0.4, 0.5) is 37.2 Å². The van der Waals surface area contributed by atoms with Gasteiger partial charge in [0, 0.05) is 55.9 Å². The molecule has 5 heterocycles. The molecule has 50 heavy (non-hydrogen) atoms. The lowest BCUT2D eigenvalue weighted by molar-refractivity contribution is -0.137. The van der Waals surface area contributed by atoms with Gasteiger partial charge in [-0.05, 0) is 50.4 Å². The van der Waals surface area contributed by atoms with Gasteiger partial charge in [0.2, 0.25) is 5.91 Å². The third-order valence-electron chi connectivity index (χ3n) is 10.6. The predicted molar refractivity (Wildman–Crippen MR) is 177 cm³/mol. The molecule has 0 bridgehead atoms. The lowest BCUT2D eigenvalue weighted by atomic mass is 9.92. The summed E-state index contributed by atoms with van der Waals surface area (Å²) in [6, 6.07) is 3.39. The summed E-state index contributed by atoms with van der Waals surface area (Å²) in [7, 11) is 1.61. The van der Waals surface area contributed by atoms with Crippen molar-refractivity contribution in [2.24, 2.45) is 0 Å². The topological polar surface area (TPSA) is 112 Å². The molecule has 0 radical (unpaired) electrons. The highest BCUT2D eigenvalue weighted by Gasteiger charge is 2.49. The van der Waals surface area contributed by atoms with Crippen LogP contribution in [-0.4, -0.2) is 82.8 Å². The number of thiophene rings is 1. The average Bonchev–Trinajstić information content (AvgIpc) is 3.80. The van der Waals surface area contributed by atoms with E-state index in [4.69, 9.17) is 10.5 Å². The Hall–Kier alpha value is -4.36. The van der Waals surface area contributed by atoms with Crippen LogP contribution < -0.4 is 15.4 Å². The Kier molecular flexibility index (Phi) is 8.29. The molecule has 7 rings (SSSR count). The van der Waals surface area contributed by atoms with Crippen LogP contribution in [-0.2, 0) is 11.0 Å². The number of benzene rings is 2. The quantitative estimate of drug-likeness (QED) is 0.221. The summed E-state index contributed by atoms with van der Waals surface area (Å²) in [5.41, 5.74) is 1.86. The van der Waals surface area contributed by atoms with Crippen molar-refractivity contribution in [1.29, 1.82) is 5.26 Å².